The predicted molar refractivity (Wildman–Crippen MR) is 166 cm³/mol. The zero-order chi connectivity index (χ0) is 30.1. The van der Waals surface area contributed by atoms with Crippen molar-refractivity contribution in [1.29, 1.82) is 0 Å². The van der Waals surface area contributed by atoms with Crippen LogP contribution in [0.1, 0.15) is 31.8 Å². The molecule has 0 aliphatic rings. The lowest BCUT2D eigenvalue weighted by Crippen LogP contribution is -2.30. The van der Waals surface area contributed by atoms with Crippen LogP contribution in [0.3, 0.4) is 0 Å². The molecule has 4 rings (SSSR count). The molecular formula is C33H26Cl2N2O5. The zero-order valence-electron chi connectivity index (χ0n) is 22.7. The number of ether oxygens (including phenoxy) is 2. The van der Waals surface area contributed by atoms with Crippen molar-refractivity contribution in [2.24, 2.45) is 0 Å². The second-order valence-corrected chi connectivity index (χ2v) is 9.72. The van der Waals surface area contributed by atoms with E-state index < -0.39 is 11.8 Å². The van der Waals surface area contributed by atoms with E-state index >= 15 is 0 Å². The first-order chi connectivity index (χ1) is 20.3. The van der Waals surface area contributed by atoms with Crippen molar-refractivity contribution in [3.05, 3.63) is 135 Å². The van der Waals surface area contributed by atoms with Gasteiger partial charge in [0.05, 0.1) is 14.2 Å². The molecule has 0 heterocycles. The summed E-state index contributed by atoms with van der Waals surface area (Å²) in [6.07, 6.45) is 4.54. The van der Waals surface area contributed by atoms with Gasteiger partial charge in [0.2, 0.25) is 0 Å². The largest absolute Gasteiger partial charge is 0.497 e. The molecule has 4 aromatic rings. The van der Waals surface area contributed by atoms with E-state index in [1.54, 1.807) is 105 Å². The fourth-order valence-corrected chi connectivity index (χ4v) is 4.33. The number of halogens is 2. The van der Waals surface area contributed by atoms with Gasteiger partial charge in [-0.2, -0.15) is 0 Å². The molecular weight excluding hydrogens is 575 g/mol. The minimum absolute atomic E-state index is 0.0385. The zero-order valence-corrected chi connectivity index (χ0v) is 24.2. The summed E-state index contributed by atoms with van der Waals surface area (Å²) in [7, 11) is 3.11. The standard InChI is InChI=1S/C33H26Cl2N2O5/c1-41-27-15-17-31(42-2)24(18-27)11-16-30(38)21-9-13-26(14-10-21)36-33(40)29(19-23-8-12-25(34)20-28(23)35)37-32(39)22-6-4-3-5-7-22/h3-20H,1-2H3,(H,36,40)(H,37,39)/b16-11+,29-19-. The molecule has 0 radical (unpaired) electrons. The number of hydrogen-bond acceptors (Lipinski definition) is 5. The Morgan fingerprint density at radius 1 is 0.762 bits per heavy atom. The molecule has 0 aliphatic heterocycles. The summed E-state index contributed by atoms with van der Waals surface area (Å²) < 4.78 is 10.6. The topological polar surface area (TPSA) is 93.7 Å². The Morgan fingerprint density at radius 3 is 2.17 bits per heavy atom. The van der Waals surface area contributed by atoms with E-state index in [0.29, 0.717) is 49.5 Å². The number of carbonyl (C=O) groups is 3. The monoisotopic (exact) mass is 600 g/mol. The molecule has 7 nitrogen and oxygen atoms in total. The van der Waals surface area contributed by atoms with Crippen molar-refractivity contribution in [1.82, 2.24) is 5.32 Å². The summed E-state index contributed by atoms with van der Waals surface area (Å²) in [5.41, 5.74) is 2.33. The van der Waals surface area contributed by atoms with Gasteiger partial charge in [0, 0.05) is 32.4 Å². The van der Waals surface area contributed by atoms with Gasteiger partial charge in [-0.05, 0) is 90.5 Å². The van der Waals surface area contributed by atoms with E-state index in [4.69, 9.17) is 32.7 Å². The number of allylic oxidation sites excluding steroid dienone is 1. The van der Waals surface area contributed by atoms with Crippen molar-refractivity contribution in [3.63, 3.8) is 0 Å². The van der Waals surface area contributed by atoms with Crippen molar-refractivity contribution in [2.75, 3.05) is 19.5 Å². The quantitative estimate of drug-likeness (QED) is 0.147. The molecule has 212 valence electrons. The van der Waals surface area contributed by atoms with Crippen LogP contribution in [-0.4, -0.2) is 31.8 Å². The maximum atomic E-state index is 13.3. The minimum atomic E-state index is -0.589. The molecule has 0 spiro atoms. The number of anilines is 1. The lowest BCUT2D eigenvalue weighted by molar-refractivity contribution is -0.113. The molecule has 0 saturated heterocycles. The number of rotatable bonds is 10. The summed E-state index contributed by atoms with van der Waals surface area (Å²) in [5, 5.41) is 6.15. The third-order valence-electron chi connectivity index (χ3n) is 6.07. The third-order valence-corrected chi connectivity index (χ3v) is 6.63. The van der Waals surface area contributed by atoms with Crippen LogP contribution in [0.15, 0.2) is 103 Å². The number of ketones is 1. The van der Waals surface area contributed by atoms with Gasteiger partial charge in [-0.1, -0.05) is 47.5 Å². The second kappa shape index (κ2) is 14.2. The lowest BCUT2D eigenvalue weighted by Gasteiger charge is -2.12. The van der Waals surface area contributed by atoms with E-state index in [1.165, 1.54) is 18.2 Å². The summed E-state index contributed by atoms with van der Waals surface area (Å²) >= 11 is 12.3. The van der Waals surface area contributed by atoms with Crippen molar-refractivity contribution in [3.8, 4) is 11.5 Å². The molecule has 0 atom stereocenters. The molecule has 9 heteroatoms. The molecule has 2 amide bonds. The van der Waals surface area contributed by atoms with Crippen LogP contribution in [0.4, 0.5) is 5.69 Å². The highest BCUT2D eigenvalue weighted by molar-refractivity contribution is 6.35. The van der Waals surface area contributed by atoms with Crippen LogP contribution in [0.2, 0.25) is 10.0 Å². The van der Waals surface area contributed by atoms with Crippen LogP contribution in [-0.2, 0) is 4.79 Å². The molecule has 2 N–H and O–H groups in total. The first-order valence-electron chi connectivity index (χ1n) is 12.7. The highest BCUT2D eigenvalue weighted by atomic mass is 35.5. The fourth-order valence-electron chi connectivity index (χ4n) is 3.86. The Morgan fingerprint density at radius 2 is 1.50 bits per heavy atom. The van der Waals surface area contributed by atoms with Gasteiger partial charge in [0.1, 0.15) is 17.2 Å². The Balaban J connectivity index is 1.52. The summed E-state index contributed by atoms with van der Waals surface area (Å²) in [5.74, 6) is -0.0709. The van der Waals surface area contributed by atoms with Crippen LogP contribution in [0, 0.1) is 0 Å². The molecule has 0 bridgehead atoms. The van der Waals surface area contributed by atoms with Crippen LogP contribution in [0.5, 0.6) is 11.5 Å². The lowest BCUT2D eigenvalue weighted by atomic mass is 10.1. The average Bonchev–Trinajstić information content (AvgIpc) is 3.01. The highest BCUT2D eigenvalue weighted by Gasteiger charge is 2.16. The highest BCUT2D eigenvalue weighted by Crippen LogP contribution is 2.26. The van der Waals surface area contributed by atoms with Gasteiger partial charge < -0.3 is 20.1 Å². The molecule has 4 aromatic carbocycles. The van der Waals surface area contributed by atoms with Crippen LogP contribution >= 0.6 is 23.2 Å². The van der Waals surface area contributed by atoms with E-state index in [9.17, 15) is 14.4 Å². The maximum Gasteiger partial charge on any atom is 0.272 e. The van der Waals surface area contributed by atoms with Gasteiger partial charge in [-0.25, -0.2) is 0 Å². The Bertz CT molecular complexity index is 1670. The normalized spacial score (nSPS) is 11.2. The second-order valence-electron chi connectivity index (χ2n) is 8.88. The first-order valence-corrected chi connectivity index (χ1v) is 13.4. The van der Waals surface area contributed by atoms with E-state index in [2.05, 4.69) is 10.6 Å². The average molecular weight is 601 g/mol. The van der Waals surface area contributed by atoms with E-state index in [1.807, 2.05) is 0 Å². The van der Waals surface area contributed by atoms with Crippen LogP contribution in [0.25, 0.3) is 12.2 Å². The Hall–Kier alpha value is -4.85. The molecule has 0 aromatic heterocycles. The molecule has 0 saturated carbocycles. The molecule has 0 fully saturated rings. The van der Waals surface area contributed by atoms with E-state index in [-0.39, 0.29) is 11.5 Å². The summed E-state index contributed by atoms with van der Waals surface area (Å²) in [4.78, 5) is 38.9. The maximum absolute atomic E-state index is 13.3. The van der Waals surface area contributed by atoms with Gasteiger partial charge in [-0.15, -0.1) is 0 Å². The first kappa shape index (κ1) is 30.1. The number of amides is 2. The number of carbonyl (C=O) groups excluding carboxylic acids is 3. The molecule has 42 heavy (non-hydrogen) atoms. The number of benzene rings is 4. The Labute approximate surface area is 253 Å². The van der Waals surface area contributed by atoms with E-state index in [0.717, 1.165) is 0 Å². The number of hydrogen-bond donors (Lipinski definition) is 2. The van der Waals surface area contributed by atoms with Gasteiger partial charge >= 0.3 is 0 Å². The van der Waals surface area contributed by atoms with Gasteiger partial charge in [-0.3, -0.25) is 14.4 Å². The fraction of sp³-hybridized carbons (Fsp3) is 0.0606. The van der Waals surface area contributed by atoms with Crippen LogP contribution < -0.4 is 20.1 Å². The van der Waals surface area contributed by atoms with Crippen molar-refractivity contribution >= 4 is 58.6 Å². The van der Waals surface area contributed by atoms with Gasteiger partial charge in [0.15, 0.2) is 5.78 Å². The molecule has 0 unspecified atom stereocenters. The molecule has 0 aliphatic carbocycles. The van der Waals surface area contributed by atoms with Crippen molar-refractivity contribution < 1.29 is 23.9 Å². The SMILES string of the molecule is COc1ccc(OC)c(/C=C/C(=O)c2ccc(NC(=O)/C(=C/c3ccc(Cl)cc3Cl)NC(=O)c3ccccc3)cc2)c1. The summed E-state index contributed by atoms with van der Waals surface area (Å²) in [6.45, 7) is 0. The van der Waals surface area contributed by atoms with Gasteiger partial charge in [0.25, 0.3) is 11.8 Å². The Kier molecular flexibility index (Phi) is 10.2. The predicted octanol–water partition coefficient (Wildman–Crippen LogP) is 7.32. The minimum Gasteiger partial charge on any atom is -0.497 e. The third kappa shape index (κ3) is 7.87. The van der Waals surface area contributed by atoms with Crippen molar-refractivity contribution in [2.45, 2.75) is 0 Å². The smallest absolute Gasteiger partial charge is 0.272 e. The number of methoxy groups -OCH3 is 2. The number of nitrogens with one attached hydrogen (secondary N) is 2. The summed E-state index contributed by atoms with van der Waals surface area (Å²) in [6, 6.07) is 25.0.